The fourth-order valence-corrected chi connectivity index (χ4v) is 5.25. The summed E-state index contributed by atoms with van der Waals surface area (Å²) < 4.78 is 16.8. The van der Waals surface area contributed by atoms with Crippen LogP contribution in [0, 0.1) is 5.92 Å². The molecule has 4 rings (SSSR count). The lowest BCUT2D eigenvalue weighted by molar-refractivity contribution is 0.0598. The third-order valence-electron chi connectivity index (χ3n) is 5.69. The monoisotopic (exact) mass is 477 g/mol. The average molecular weight is 479 g/mol. The van der Waals surface area contributed by atoms with E-state index in [-0.39, 0.29) is 23.8 Å². The molecular weight excluding hydrogens is 458 g/mol. The summed E-state index contributed by atoms with van der Waals surface area (Å²) in [6.45, 7) is 0. The number of hydrogen-bond donors (Lipinski definition) is 1. The summed E-state index contributed by atoms with van der Waals surface area (Å²) in [6.07, 6.45) is 5.22. The molecule has 0 saturated heterocycles. The fourth-order valence-electron chi connectivity index (χ4n) is 4.41. The van der Waals surface area contributed by atoms with E-state index in [1.54, 1.807) is 26.4 Å². The first-order valence-electron chi connectivity index (χ1n) is 9.25. The van der Waals surface area contributed by atoms with Crippen molar-refractivity contribution in [2.75, 3.05) is 26.6 Å². The van der Waals surface area contributed by atoms with E-state index in [1.807, 2.05) is 12.1 Å². The number of benzene rings is 2. The van der Waals surface area contributed by atoms with E-state index in [4.69, 9.17) is 25.8 Å². The van der Waals surface area contributed by atoms with Crippen molar-refractivity contribution >= 4 is 39.2 Å². The van der Waals surface area contributed by atoms with Crippen molar-refractivity contribution in [3.05, 3.63) is 62.6 Å². The molecule has 0 radical (unpaired) electrons. The fraction of sp³-hybridized carbons (Fsp3) is 0.318. The number of allylic oxidation sites excluding steroid dienone is 2. The Labute approximate surface area is 183 Å². The molecule has 0 unspecified atom stereocenters. The van der Waals surface area contributed by atoms with E-state index in [0.29, 0.717) is 22.1 Å². The molecule has 29 heavy (non-hydrogen) atoms. The summed E-state index contributed by atoms with van der Waals surface area (Å²) in [5.74, 6) is 1.25. The predicted octanol–water partition coefficient (Wildman–Crippen LogP) is 5.73. The van der Waals surface area contributed by atoms with Crippen LogP contribution in [-0.4, -0.2) is 27.3 Å². The lowest BCUT2D eigenvalue weighted by Gasteiger charge is -2.39. The van der Waals surface area contributed by atoms with Crippen LogP contribution in [0.2, 0.25) is 5.02 Å². The van der Waals surface area contributed by atoms with Crippen LogP contribution >= 0.6 is 27.5 Å². The summed E-state index contributed by atoms with van der Waals surface area (Å²) in [5.41, 5.74) is 3.28. The van der Waals surface area contributed by atoms with Crippen LogP contribution in [-0.2, 0) is 4.74 Å². The van der Waals surface area contributed by atoms with Gasteiger partial charge in [-0.3, -0.25) is 0 Å². The Hall–Kier alpha value is -2.18. The van der Waals surface area contributed by atoms with Crippen LogP contribution in [0.1, 0.15) is 39.9 Å². The van der Waals surface area contributed by atoms with E-state index in [2.05, 4.69) is 33.4 Å². The zero-order valence-corrected chi connectivity index (χ0v) is 18.6. The minimum Gasteiger partial charge on any atom is -0.493 e. The zero-order valence-electron chi connectivity index (χ0n) is 16.3. The third kappa shape index (κ3) is 3.28. The number of ether oxygens (including phenoxy) is 3. The minimum atomic E-state index is -0.355. The highest BCUT2D eigenvalue weighted by molar-refractivity contribution is 9.10. The van der Waals surface area contributed by atoms with E-state index >= 15 is 0 Å². The Morgan fingerprint density at radius 3 is 2.69 bits per heavy atom. The van der Waals surface area contributed by atoms with Crippen LogP contribution in [0.25, 0.3) is 0 Å². The van der Waals surface area contributed by atoms with Gasteiger partial charge >= 0.3 is 5.97 Å². The molecular formula is C22H21BrClNO4. The van der Waals surface area contributed by atoms with Crippen LogP contribution < -0.4 is 14.8 Å². The Morgan fingerprint density at radius 2 is 2.00 bits per heavy atom. The number of hydrogen-bond acceptors (Lipinski definition) is 5. The molecule has 2 aliphatic rings. The molecule has 1 N–H and O–H groups in total. The minimum absolute atomic E-state index is 0.0102. The maximum absolute atomic E-state index is 12.4. The van der Waals surface area contributed by atoms with Gasteiger partial charge < -0.3 is 19.5 Å². The number of nitrogens with one attached hydrogen (secondary N) is 1. The second kappa shape index (κ2) is 7.92. The molecule has 0 saturated carbocycles. The van der Waals surface area contributed by atoms with Gasteiger partial charge in [0.05, 0.1) is 48.1 Å². The molecule has 0 bridgehead atoms. The molecule has 3 atom stereocenters. The van der Waals surface area contributed by atoms with E-state index < -0.39 is 0 Å². The van der Waals surface area contributed by atoms with Gasteiger partial charge in [-0.05, 0) is 63.7 Å². The predicted molar refractivity (Wildman–Crippen MR) is 116 cm³/mol. The number of rotatable bonds is 4. The maximum Gasteiger partial charge on any atom is 0.338 e. The maximum atomic E-state index is 12.4. The topological polar surface area (TPSA) is 56.8 Å². The number of methoxy groups -OCH3 is 3. The number of carbonyl (C=O) groups excluding carboxylic acids is 1. The van der Waals surface area contributed by atoms with E-state index in [9.17, 15) is 4.79 Å². The number of halogens is 2. The normalized spacial score (nSPS) is 21.8. The van der Waals surface area contributed by atoms with Crippen LogP contribution in [0.4, 0.5) is 5.69 Å². The number of carbonyl (C=O) groups is 1. The third-order valence-corrected chi connectivity index (χ3v) is 6.59. The highest BCUT2D eigenvalue weighted by atomic mass is 79.9. The first-order valence-corrected chi connectivity index (χ1v) is 10.4. The van der Waals surface area contributed by atoms with Crippen molar-refractivity contribution < 1.29 is 19.0 Å². The van der Waals surface area contributed by atoms with Gasteiger partial charge in [-0.1, -0.05) is 23.8 Å². The number of fused-ring (bicyclic) bond motifs is 3. The summed E-state index contributed by atoms with van der Waals surface area (Å²) in [6, 6.07) is 7.49. The Kier molecular flexibility index (Phi) is 5.49. The highest BCUT2D eigenvalue weighted by Crippen LogP contribution is 2.53. The zero-order chi connectivity index (χ0) is 20.7. The van der Waals surface area contributed by atoms with Gasteiger partial charge in [0.2, 0.25) is 0 Å². The molecule has 0 amide bonds. The SMILES string of the molecule is COC(=O)c1ccc(Cl)c2c1[C@@H]1C=CC[C@@H]1[C@@H](c1cc(Br)c(OC)c(OC)c1)N2. The van der Waals surface area contributed by atoms with Crippen LogP contribution in [0.15, 0.2) is 40.9 Å². The van der Waals surface area contributed by atoms with Gasteiger partial charge in [-0.2, -0.15) is 0 Å². The smallest absolute Gasteiger partial charge is 0.338 e. The Balaban J connectivity index is 1.85. The molecule has 1 aliphatic carbocycles. The molecule has 0 spiro atoms. The van der Waals surface area contributed by atoms with Crippen molar-refractivity contribution in [1.29, 1.82) is 0 Å². The largest absolute Gasteiger partial charge is 0.493 e. The molecule has 0 aromatic heterocycles. The molecule has 152 valence electrons. The quantitative estimate of drug-likeness (QED) is 0.449. The van der Waals surface area contributed by atoms with Gasteiger partial charge in [0.1, 0.15) is 0 Å². The van der Waals surface area contributed by atoms with Crippen LogP contribution in [0.3, 0.4) is 0 Å². The first kappa shape index (κ1) is 20.1. The second-order valence-electron chi connectivity index (χ2n) is 7.09. The van der Waals surface area contributed by atoms with Gasteiger partial charge in [0.25, 0.3) is 0 Å². The number of esters is 1. The summed E-state index contributed by atoms with van der Waals surface area (Å²) >= 11 is 10.1. The average Bonchev–Trinajstić information content (AvgIpc) is 3.22. The molecule has 2 aromatic rings. The Bertz CT molecular complexity index is 1010. The summed E-state index contributed by atoms with van der Waals surface area (Å²) in [7, 11) is 4.63. The van der Waals surface area contributed by atoms with E-state index in [1.165, 1.54) is 7.11 Å². The van der Waals surface area contributed by atoms with E-state index in [0.717, 1.165) is 27.7 Å². The van der Waals surface area contributed by atoms with Gasteiger partial charge in [-0.15, -0.1) is 0 Å². The van der Waals surface area contributed by atoms with Crippen molar-refractivity contribution in [2.24, 2.45) is 5.92 Å². The number of anilines is 1. The molecule has 2 aromatic carbocycles. The molecule has 5 nitrogen and oxygen atoms in total. The molecule has 1 aliphatic heterocycles. The summed E-state index contributed by atoms with van der Waals surface area (Å²) in [4.78, 5) is 12.4. The summed E-state index contributed by atoms with van der Waals surface area (Å²) in [5, 5.41) is 4.17. The van der Waals surface area contributed by atoms with Crippen molar-refractivity contribution in [1.82, 2.24) is 0 Å². The van der Waals surface area contributed by atoms with Gasteiger partial charge in [-0.25, -0.2) is 4.79 Å². The van der Waals surface area contributed by atoms with Gasteiger partial charge in [0.15, 0.2) is 11.5 Å². The second-order valence-corrected chi connectivity index (χ2v) is 8.35. The molecule has 7 heteroatoms. The van der Waals surface area contributed by atoms with Crippen LogP contribution in [0.5, 0.6) is 11.5 Å². The van der Waals surface area contributed by atoms with Gasteiger partial charge in [0, 0.05) is 5.92 Å². The van der Waals surface area contributed by atoms with Crippen molar-refractivity contribution in [2.45, 2.75) is 18.4 Å². The standard InChI is InChI=1S/C22H21BrClNO4/c1-27-17-10-11(9-15(23)21(17)28-2)19-13-6-4-5-12(13)18-14(22(26)29-3)7-8-16(24)20(18)25-19/h4-5,7-10,12-13,19,25H,6H2,1-3H3/t12-,13+,19-/m1/s1. The van der Waals surface area contributed by atoms with Crippen molar-refractivity contribution in [3.63, 3.8) is 0 Å². The molecule has 1 heterocycles. The lowest BCUT2D eigenvalue weighted by Crippen LogP contribution is -2.31. The Morgan fingerprint density at radius 1 is 1.21 bits per heavy atom. The first-order chi connectivity index (χ1) is 14.0. The molecule has 0 fully saturated rings. The van der Waals surface area contributed by atoms with Crippen molar-refractivity contribution in [3.8, 4) is 11.5 Å². The lowest BCUT2D eigenvalue weighted by atomic mass is 9.75. The highest BCUT2D eigenvalue weighted by Gasteiger charge is 2.41.